The minimum atomic E-state index is -1.26. The normalized spacial score (nSPS) is 11.3. The van der Waals surface area contributed by atoms with Crippen LogP contribution in [0.3, 0.4) is 0 Å². The van der Waals surface area contributed by atoms with Crippen molar-refractivity contribution >= 4 is 6.16 Å². The maximum Gasteiger partial charge on any atom is 0.511 e. The van der Waals surface area contributed by atoms with Crippen LogP contribution in [0.2, 0.25) is 0 Å². The van der Waals surface area contributed by atoms with E-state index >= 15 is 0 Å². The Morgan fingerprint density at radius 3 is 2.47 bits per heavy atom. The maximum atomic E-state index is 10.7. The highest BCUT2D eigenvalue weighted by molar-refractivity contribution is 5.62. The highest BCUT2D eigenvalue weighted by atomic mass is 16.7. The van der Waals surface area contributed by atoms with Gasteiger partial charge in [-0.1, -0.05) is 39.8 Å². The SMILES string of the molecule is CCc1ccc(OC(=O)O)c(C(C)(C)CC)c1. The monoisotopic (exact) mass is 236 g/mol. The summed E-state index contributed by atoms with van der Waals surface area (Å²) in [6, 6.07) is 5.70. The molecule has 1 N–H and O–H groups in total. The van der Waals surface area contributed by atoms with Crippen molar-refractivity contribution in [1.82, 2.24) is 0 Å². The first-order valence-electron chi connectivity index (χ1n) is 5.95. The molecule has 0 bridgehead atoms. The van der Waals surface area contributed by atoms with Crippen molar-refractivity contribution in [1.29, 1.82) is 0 Å². The van der Waals surface area contributed by atoms with Gasteiger partial charge in [-0.15, -0.1) is 0 Å². The van der Waals surface area contributed by atoms with Crippen molar-refractivity contribution in [3.63, 3.8) is 0 Å². The van der Waals surface area contributed by atoms with Crippen LogP contribution in [-0.4, -0.2) is 11.3 Å². The van der Waals surface area contributed by atoms with E-state index in [1.54, 1.807) is 6.07 Å². The molecule has 0 saturated carbocycles. The van der Waals surface area contributed by atoms with E-state index < -0.39 is 6.16 Å². The first-order chi connectivity index (χ1) is 7.90. The highest BCUT2D eigenvalue weighted by Gasteiger charge is 2.23. The summed E-state index contributed by atoms with van der Waals surface area (Å²) in [7, 11) is 0. The van der Waals surface area contributed by atoms with E-state index in [4.69, 9.17) is 9.84 Å². The van der Waals surface area contributed by atoms with Crippen LogP contribution in [0.25, 0.3) is 0 Å². The molecule has 0 spiro atoms. The lowest BCUT2D eigenvalue weighted by atomic mass is 9.81. The van der Waals surface area contributed by atoms with Crippen LogP contribution in [0.5, 0.6) is 5.75 Å². The summed E-state index contributed by atoms with van der Waals surface area (Å²) in [6.45, 7) is 8.35. The molecule has 1 rings (SSSR count). The quantitative estimate of drug-likeness (QED) is 0.635. The molecule has 17 heavy (non-hydrogen) atoms. The fourth-order valence-electron chi connectivity index (χ4n) is 1.70. The van der Waals surface area contributed by atoms with Crippen LogP contribution < -0.4 is 4.74 Å². The molecule has 0 fully saturated rings. The second kappa shape index (κ2) is 5.21. The summed E-state index contributed by atoms with van der Waals surface area (Å²) < 4.78 is 4.85. The molecule has 0 unspecified atom stereocenters. The van der Waals surface area contributed by atoms with Crippen LogP contribution in [0, 0.1) is 0 Å². The van der Waals surface area contributed by atoms with Gasteiger partial charge in [-0.3, -0.25) is 0 Å². The minimum absolute atomic E-state index is 0.0873. The van der Waals surface area contributed by atoms with Gasteiger partial charge in [-0.25, -0.2) is 4.79 Å². The van der Waals surface area contributed by atoms with Gasteiger partial charge in [0.05, 0.1) is 0 Å². The molecule has 0 aliphatic heterocycles. The molecule has 1 aromatic carbocycles. The van der Waals surface area contributed by atoms with Gasteiger partial charge in [-0.05, 0) is 29.9 Å². The van der Waals surface area contributed by atoms with Crippen molar-refractivity contribution in [2.45, 2.75) is 46.0 Å². The van der Waals surface area contributed by atoms with Gasteiger partial charge in [-0.2, -0.15) is 0 Å². The van der Waals surface area contributed by atoms with E-state index in [0.717, 1.165) is 18.4 Å². The molecule has 0 atom stereocenters. The first-order valence-corrected chi connectivity index (χ1v) is 5.95. The Morgan fingerprint density at radius 1 is 1.35 bits per heavy atom. The van der Waals surface area contributed by atoms with Crippen LogP contribution >= 0.6 is 0 Å². The second-order valence-corrected chi connectivity index (χ2v) is 4.79. The predicted molar refractivity (Wildman–Crippen MR) is 67.8 cm³/mol. The van der Waals surface area contributed by atoms with Gasteiger partial charge in [0.2, 0.25) is 0 Å². The molecule has 0 aliphatic rings. The van der Waals surface area contributed by atoms with Gasteiger partial charge >= 0.3 is 6.16 Å². The predicted octanol–water partition coefficient (Wildman–Crippen LogP) is 3.99. The molecule has 0 radical (unpaired) electrons. The third-order valence-electron chi connectivity index (χ3n) is 3.26. The highest BCUT2D eigenvalue weighted by Crippen LogP contribution is 2.35. The lowest BCUT2D eigenvalue weighted by molar-refractivity contribution is 0.143. The van der Waals surface area contributed by atoms with Crippen molar-refractivity contribution in [3.8, 4) is 5.75 Å². The maximum absolute atomic E-state index is 10.7. The Morgan fingerprint density at radius 2 is 2.00 bits per heavy atom. The Kier molecular flexibility index (Phi) is 4.16. The van der Waals surface area contributed by atoms with E-state index in [1.165, 1.54) is 5.56 Å². The van der Waals surface area contributed by atoms with Crippen LogP contribution in [0.15, 0.2) is 18.2 Å². The second-order valence-electron chi connectivity index (χ2n) is 4.79. The number of rotatable bonds is 4. The van der Waals surface area contributed by atoms with Crippen molar-refractivity contribution in [2.75, 3.05) is 0 Å². The summed E-state index contributed by atoms with van der Waals surface area (Å²) in [6.07, 6.45) is 0.596. The Hall–Kier alpha value is -1.51. The minimum Gasteiger partial charge on any atom is -0.449 e. The van der Waals surface area contributed by atoms with Crippen LogP contribution in [-0.2, 0) is 11.8 Å². The van der Waals surface area contributed by atoms with E-state index in [2.05, 4.69) is 27.7 Å². The zero-order valence-corrected chi connectivity index (χ0v) is 10.9. The number of hydrogen-bond donors (Lipinski definition) is 1. The molecule has 3 nitrogen and oxygen atoms in total. The number of hydrogen-bond acceptors (Lipinski definition) is 2. The summed E-state index contributed by atoms with van der Waals surface area (Å²) in [5.41, 5.74) is 2.07. The number of benzene rings is 1. The first kappa shape index (κ1) is 13.6. The summed E-state index contributed by atoms with van der Waals surface area (Å²) in [5, 5.41) is 8.73. The molecular weight excluding hydrogens is 216 g/mol. The molecule has 0 amide bonds. The zero-order valence-electron chi connectivity index (χ0n) is 10.9. The molecule has 1 aromatic rings. The molecular formula is C14H20O3. The number of carboxylic acid groups (broad SMARTS) is 1. The number of carbonyl (C=O) groups is 1. The zero-order chi connectivity index (χ0) is 13.1. The van der Waals surface area contributed by atoms with Gasteiger partial charge in [0, 0.05) is 5.56 Å². The third-order valence-corrected chi connectivity index (χ3v) is 3.26. The topological polar surface area (TPSA) is 46.5 Å². The van der Waals surface area contributed by atoms with Crippen LogP contribution in [0.1, 0.15) is 45.2 Å². The molecule has 0 saturated heterocycles. The van der Waals surface area contributed by atoms with E-state index in [9.17, 15) is 4.79 Å². The smallest absolute Gasteiger partial charge is 0.449 e. The Bertz CT molecular complexity index is 408. The van der Waals surface area contributed by atoms with Crippen molar-refractivity contribution in [2.24, 2.45) is 0 Å². The molecule has 0 heterocycles. The standard InChI is InChI=1S/C14H20O3/c1-5-10-7-8-12(17-13(15)16)11(9-10)14(3,4)6-2/h7-9H,5-6H2,1-4H3,(H,15,16). The van der Waals surface area contributed by atoms with Gasteiger partial charge in [0.1, 0.15) is 5.75 Å². The van der Waals surface area contributed by atoms with Gasteiger partial charge in [0.15, 0.2) is 0 Å². The molecule has 0 aromatic heterocycles. The number of ether oxygens (including phenoxy) is 1. The van der Waals surface area contributed by atoms with Crippen molar-refractivity contribution in [3.05, 3.63) is 29.3 Å². The molecule has 94 valence electrons. The van der Waals surface area contributed by atoms with Gasteiger partial charge < -0.3 is 9.84 Å². The average molecular weight is 236 g/mol. The van der Waals surface area contributed by atoms with Crippen LogP contribution in [0.4, 0.5) is 4.79 Å². The average Bonchev–Trinajstić information content (AvgIpc) is 2.28. The fourth-order valence-corrected chi connectivity index (χ4v) is 1.70. The van der Waals surface area contributed by atoms with E-state index in [0.29, 0.717) is 5.75 Å². The largest absolute Gasteiger partial charge is 0.511 e. The fraction of sp³-hybridized carbons (Fsp3) is 0.500. The molecule has 0 aliphatic carbocycles. The lowest BCUT2D eigenvalue weighted by Gasteiger charge is -2.26. The molecule has 3 heteroatoms. The summed E-state index contributed by atoms with van der Waals surface area (Å²) in [4.78, 5) is 10.7. The van der Waals surface area contributed by atoms with Crippen molar-refractivity contribution < 1.29 is 14.6 Å². The Balaban J connectivity index is 3.25. The van der Waals surface area contributed by atoms with E-state index in [1.807, 2.05) is 12.1 Å². The summed E-state index contributed by atoms with van der Waals surface area (Å²) >= 11 is 0. The Labute approximate surface area is 102 Å². The lowest BCUT2D eigenvalue weighted by Crippen LogP contribution is -2.18. The summed E-state index contributed by atoms with van der Waals surface area (Å²) in [5.74, 6) is 0.446. The van der Waals surface area contributed by atoms with E-state index in [-0.39, 0.29) is 5.41 Å². The van der Waals surface area contributed by atoms with Gasteiger partial charge in [0.25, 0.3) is 0 Å². The number of aryl methyl sites for hydroxylation is 1. The third kappa shape index (κ3) is 3.22.